The fourth-order valence-electron chi connectivity index (χ4n) is 2.24. The molecule has 1 aromatic heterocycles. The molecule has 0 saturated carbocycles. The minimum absolute atomic E-state index is 0.160. The number of aromatic amines is 1. The summed E-state index contributed by atoms with van der Waals surface area (Å²) in [7, 11) is 0. The maximum atomic E-state index is 12.3. The summed E-state index contributed by atoms with van der Waals surface area (Å²) in [6.45, 7) is 2.41. The number of amides is 1. The van der Waals surface area contributed by atoms with Gasteiger partial charge in [0.05, 0.1) is 17.3 Å². The highest BCUT2D eigenvalue weighted by atomic mass is 16.5. The number of hydrogen-bond acceptors (Lipinski definition) is 4. The molecule has 0 aliphatic rings. The summed E-state index contributed by atoms with van der Waals surface area (Å²) >= 11 is 0. The van der Waals surface area contributed by atoms with Crippen LogP contribution in [-0.2, 0) is 0 Å². The molecule has 0 bridgehead atoms. The molecule has 0 atom stereocenters. The lowest BCUT2D eigenvalue weighted by atomic mass is 10.1. The minimum atomic E-state index is -0.481. The largest absolute Gasteiger partial charge is 0.423 e. The van der Waals surface area contributed by atoms with Crippen molar-refractivity contribution in [2.75, 3.05) is 6.54 Å². The van der Waals surface area contributed by atoms with Gasteiger partial charge in [-0.05, 0) is 37.3 Å². The first kappa shape index (κ1) is 14.8. The SMILES string of the molecule is CCNC(=O)c1ccc(OC(=O)c2cccc3cn[nH]c23)cc1. The Morgan fingerprint density at radius 3 is 2.70 bits per heavy atom. The first-order valence-electron chi connectivity index (χ1n) is 7.21. The Morgan fingerprint density at radius 2 is 1.96 bits per heavy atom. The fourth-order valence-corrected chi connectivity index (χ4v) is 2.24. The van der Waals surface area contributed by atoms with E-state index in [4.69, 9.17) is 4.74 Å². The predicted octanol–water partition coefficient (Wildman–Crippen LogP) is 2.53. The summed E-state index contributed by atoms with van der Waals surface area (Å²) in [6.07, 6.45) is 1.65. The standard InChI is InChI=1S/C17H15N3O3/c1-2-18-16(21)11-6-8-13(9-7-11)23-17(22)14-5-3-4-12-10-19-20-15(12)14/h3-10H,2H2,1H3,(H,18,21)(H,19,20). The number of rotatable bonds is 4. The zero-order valence-corrected chi connectivity index (χ0v) is 12.5. The molecule has 0 saturated heterocycles. The Morgan fingerprint density at radius 1 is 1.17 bits per heavy atom. The number of nitrogens with zero attached hydrogens (tertiary/aromatic N) is 1. The third-order valence-corrected chi connectivity index (χ3v) is 3.36. The van der Waals surface area contributed by atoms with Gasteiger partial charge in [-0.15, -0.1) is 0 Å². The van der Waals surface area contributed by atoms with E-state index >= 15 is 0 Å². The van der Waals surface area contributed by atoms with Crippen LogP contribution in [0.1, 0.15) is 27.6 Å². The molecule has 2 aromatic carbocycles. The highest BCUT2D eigenvalue weighted by Crippen LogP contribution is 2.19. The molecule has 1 heterocycles. The molecule has 0 spiro atoms. The monoisotopic (exact) mass is 309 g/mol. The van der Waals surface area contributed by atoms with Gasteiger partial charge in [-0.25, -0.2) is 4.79 Å². The predicted molar refractivity (Wildman–Crippen MR) is 85.5 cm³/mol. The van der Waals surface area contributed by atoms with E-state index in [9.17, 15) is 9.59 Å². The number of benzene rings is 2. The maximum Gasteiger partial charge on any atom is 0.345 e. The summed E-state index contributed by atoms with van der Waals surface area (Å²) in [4.78, 5) is 24.0. The second-order valence-electron chi connectivity index (χ2n) is 4.91. The molecule has 0 aliphatic carbocycles. The van der Waals surface area contributed by atoms with Crippen molar-refractivity contribution in [2.24, 2.45) is 0 Å². The molecule has 0 fully saturated rings. The number of hydrogen-bond donors (Lipinski definition) is 2. The number of fused-ring (bicyclic) bond motifs is 1. The Balaban J connectivity index is 1.78. The van der Waals surface area contributed by atoms with Crippen LogP contribution >= 0.6 is 0 Å². The lowest BCUT2D eigenvalue weighted by Crippen LogP contribution is -2.22. The van der Waals surface area contributed by atoms with Crippen LogP contribution in [0.5, 0.6) is 5.75 Å². The van der Waals surface area contributed by atoms with Crippen LogP contribution in [-0.4, -0.2) is 28.6 Å². The van der Waals surface area contributed by atoms with Gasteiger partial charge in [0, 0.05) is 17.5 Å². The Kier molecular flexibility index (Phi) is 4.05. The smallest absolute Gasteiger partial charge is 0.345 e. The third kappa shape index (κ3) is 3.06. The normalized spacial score (nSPS) is 10.5. The Labute approximate surface area is 132 Å². The van der Waals surface area contributed by atoms with Crippen LogP contribution in [0.3, 0.4) is 0 Å². The molecule has 1 amide bonds. The number of ether oxygens (including phenoxy) is 1. The number of para-hydroxylation sites is 1. The molecule has 3 rings (SSSR count). The second kappa shape index (κ2) is 6.31. The van der Waals surface area contributed by atoms with Crippen LogP contribution in [0.2, 0.25) is 0 Å². The zero-order valence-electron chi connectivity index (χ0n) is 12.5. The van der Waals surface area contributed by atoms with Crippen LogP contribution < -0.4 is 10.1 Å². The topological polar surface area (TPSA) is 84.1 Å². The molecule has 3 aromatic rings. The van der Waals surface area contributed by atoms with Gasteiger partial charge in [0.15, 0.2) is 0 Å². The van der Waals surface area contributed by atoms with E-state index in [1.165, 1.54) is 0 Å². The first-order valence-corrected chi connectivity index (χ1v) is 7.21. The Bertz CT molecular complexity index is 853. The van der Waals surface area contributed by atoms with E-state index in [0.29, 0.717) is 28.9 Å². The van der Waals surface area contributed by atoms with Crippen LogP contribution in [0.15, 0.2) is 48.7 Å². The third-order valence-electron chi connectivity index (χ3n) is 3.36. The van der Waals surface area contributed by atoms with E-state index in [0.717, 1.165) is 5.39 Å². The number of nitrogens with one attached hydrogen (secondary N) is 2. The van der Waals surface area contributed by atoms with E-state index in [1.807, 2.05) is 13.0 Å². The average Bonchev–Trinajstić information content (AvgIpc) is 3.04. The summed E-state index contributed by atoms with van der Waals surface area (Å²) in [5.74, 6) is -0.266. The molecule has 0 radical (unpaired) electrons. The van der Waals surface area contributed by atoms with Crippen molar-refractivity contribution >= 4 is 22.8 Å². The van der Waals surface area contributed by atoms with E-state index < -0.39 is 5.97 Å². The van der Waals surface area contributed by atoms with Gasteiger partial charge in [0.25, 0.3) is 5.91 Å². The van der Waals surface area contributed by atoms with Gasteiger partial charge in [-0.1, -0.05) is 12.1 Å². The maximum absolute atomic E-state index is 12.3. The van der Waals surface area contributed by atoms with Crippen molar-refractivity contribution in [3.8, 4) is 5.75 Å². The van der Waals surface area contributed by atoms with Gasteiger partial charge >= 0.3 is 5.97 Å². The van der Waals surface area contributed by atoms with Crippen molar-refractivity contribution in [3.63, 3.8) is 0 Å². The summed E-state index contributed by atoms with van der Waals surface area (Å²) in [5.41, 5.74) is 1.56. The van der Waals surface area contributed by atoms with E-state index in [-0.39, 0.29) is 5.91 Å². The number of carbonyl (C=O) groups excluding carboxylic acids is 2. The number of aromatic nitrogens is 2. The molecule has 0 aliphatic heterocycles. The van der Waals surface area contributed by atoms with Crippen LogP contribution in [0.25, 0.3) is 10.9 Å². The number of carbonyl (C=O) groups is 2. The minimum Gasteiger partial charge on any atom is -0.423 e. The molecular formula is C17H15N3O3. The van der Waals surface area contributed by atoms with Crippen molar-refractivity contribution < 1.29 is 14.3 Å². The van der Waals surface area contributed by atoms with Gasteiger partial charge in [-0.2, -0.15) is 5.10 Å². The lowest BCUT2D eigenvalue weighted by Gasteiger charge is -2.06. The second-order valence-corrected chi connectivity index (χ2v) is 4.91. The molecule has 2 N–H and O–H groups in total. The highest BCUT2D eigenvalue weighted by molar-refractivity contribution is 6.03. The zero-order chi connectivity index (χ0) is 16.2. The fraction of sp³-hybridized carbons (Fsp3) is 0.118. The summed E-state index contributed by atoms with van der Waals surface area (Å²) < 4.78 is 5.35. The van der Waals surface area contributed by atoms with E-state index in [1.54, 1.807) is 42.6 Å². The molecule has 23 heavy (non-hydrogen) atoms. The van der Waals surface area contributed by atoms with Crippen molar-refractivity contribution in [2.45, 2.75) is 6.92 Å². The van der Waals surface area contributed by atoms with Crippen molar-refractivity contribution in [1.29, 1.82) is 0 Å². The number of esters is 1. The Hall–Kier alpha value is -3.15. The van der Waals surface area contributed by atoms with Gasteiger partial charge in [0.1, 0.15) is 5.75 Å². The molecule has 6 heteroatoms. The summed E-state index contributed by atoms with van der Waals surface area (Å²) in [5, 5.41) is 10.3. The highest BCUT2D eigenvalue weighted by Gasteiger charge is 2.14. The van der Waals surface area contributed by atoms with Gasteiger partial charge in [0.2, 0.25) is 0 Å². The van der Waals surface area contributed by atoms with Crippen LogP contribution in [0.4, 0.5) is 0 Å². The lowest BCUT2D eigenvalue weighted by molar-refractivity contribution is 0.0736. The number of H-pyrrole nitrogens is 1. The summed E-state index contributed by atoms with van der Waals surface area (Å²) in [6, 6.07) is 11.7. The van der Waals surface area contributed by atoms with Crippen LogP contribution in [0, 0.1) is 0 Å². The van der Waals surface area contributed by atoms with Gasteiger partial charge < -0.3 is 10.1 Å². The van der Waals surface area contributed by atoms with Crippen molar-refractivity contribution in [3.05, 3.63) is 59.8 Å². The average molecular weight is 309 g/mol. The quantitative estimate of drug-likeness (QED) is 0.573. The molecule has 116 valence electrons. The van der Waals surface area contributed by atoms with E-state index in [2.05, 4.69) is 15.5 Å². The molecule has 0 unspecified atom stereocenters. The molecule has 6 nitrogen and oxygen atoms in total. The first-order chi connectivity index (χ1) is 11.2. The van der Waals surface area contributed by atoms with Gasteiger partial charge in [-0.3, -0.25) is 9.89 Å². The van der Waals surface area contributed by atoms with Crippen molar-refractivity contribution in [1.82, 2.24) is 15.5 Å². The molecular weight excluding hydrogens is 294 g/mol.